The molecule has 2 fully saturated rings. The fourth-order valence-corrected chi connectivity index (χ4v) is 6.49. The van der Waals surface area contributed by atoms with Gasteiger partial charge in [-0.15, -0.1) is 0 Å². The lowest BCUT2D eigenvalue weighted by molar-refractivity contribution is -0.166. The Balaban J connectivity index is 0.000000370. The average molecular weight is 976 g/mol. The summed E-state index contributed by atoms with van der Waals surface area (Å²) in [7, 11) is 0. The van der Waals surface area contributed by atoms with Gasteiger partial charge in [-0.3, -0.25) is 33.8 Å². The third-order valence-corrected chi connectivity index (χ3v) is 9.96. The molecule has 0 bridgehead atoms. The fraction of sp³-hybridized carbons (Fsp3) is 0.522. The van der Waals surface area contributed by atoms with Gasteiger partial charge in [0, 0.05) is 35.3 Å². The maximum absolute atomic E-state index is 12.9. The number of alkyl halides is 1. The van der Waals surface area contributed by atoms with Crippen molar-refractivity contribution < 1.29 is 76.7 Å². The van der Waals surface area contributed by atoms with Crippen LogP contribution in [0.4, 0.5) is 9.59 Å². The normalized spacial score (nSPS) is 16.5. The first-order valence-corrected chi connectivity index (χ1v) is 21.8. The van der Waals surface area contributed by atoms with E-state index in [1.807, 2.05) is 0 Å². The first-order chi connectivity index (χ1) is 30.2. The Kier molecular flexibility index (Phi) is 21.1. The number of nitrogens with zero attached hydrogens (tertiary/aromatic N) is 2. The molecule has 0 radical (unpaired) electrons. The second-order valence-corrected chi connectivity index (χ2v) is 17.6. The van der Waals surface area contributed by atoms with Crippen molar-refractivity contribution in [3.63, 3.8) is 0 Å². The molecule has 0 aromatic heterocycles. The molecule has 2 amide bonds. The van der Waals surface area contributed by atoms with E-state index in [4.69, 9.17) is 28.8 Å². The van der Waals surface area contributed by atoms with Crippen molar-refractivity contribution in [2.24, 2.45) is 0 Å². The summed E-state index contributed by atoms with van der Waals surface area (Å²) in [5.74, 6) is -4.90. The van der Waals surface area contributed by atoms with Crippen LogP contribution in [0.2, 0.25) is 0 Å². The summed E-state index contributed by atoms with van der Waals surface area (Å²) in [6.07, 6.45) is -0.946. The molecule has 4 rings (SSSR count). The molecule has 2 aromatic carbocycles. The molecule has 65 heavy (non-hydrogen) atoms. The molecule has 0 aliphatic carbocycles. The van der Waals surface area contributed by atoms with Gasteiger partial charge in [-0.25, -0.2) is 24.0 Å². The number of likely N-dealkylation sites (tertiary alicyclic amines) is 2. The topological polar surface area (TPSA) is 244 Å². The molecule has 356 valence electrons. The van der Waals surface area contributed by atoms with Crippen molar-refractivity contribution in [3.8, 4) is 0 Å². The van der Waals surface area contributed by atoms with E-state index >= 15 is 0 Å². The van der Waals surface area contributed by atoms with Crippen LogP contribution in [0.1, 0.15) is 136 Å². The number of esters is 3. The van der Waals surface area contributed by atoms with E-state index in [1.165, 1.54) is 60.0 Å². The fourth-order valence-electron chi connectivity index (χ4n) is 6.09. The van der Waals surface area contributed by atoms with Gasteiger partial charge in [-0.2, -0.15) is 0 Å². The summed E-state index contributed by atoms with van der Waals surface area (Å²) >= 11 is 3.00. The van der Waals surface area contributed by atoms with Gasteiger partial charge in [-0.05, 0) is 94.9 Å². The zero-order valence-corrected chi connectivity index (χ0v) is 40.0. The number of halogens is 1. The quantitative estimate of drug-likeness (QED) is 0.0712. The lowest BCUT2D eigenvalue weighted by Crippen LogP contribution is -2.46. The molecular weight excluding hydrogens is 916 g/mol. The monoisotopic (exact) mass is 974 g/mol. The van der Waals surface area contributed by atoms with Crippen LogP contribution in [0.25, 0.3) is 0 Å². The molecule has 0 spiro atoms. The van der Waals surface area contributed by atoms with Gasteiger partial charge >= 0.3 is 36.1 Å². The number of hydrogen-bond donors (Lipinski definition) is 1. The van der Waals surface area contributed by atoms with Crippen LogP contribution >= 0.6 is 15.9 Å². The summed E-state index contributed by atoms with van der Waals surface area (Å²) in [6, 6.07) is 10.1. The average Bonchev–Trinajstić information content (AvgIpc) is 3.93. The van der Waals surface area contributed by atoms with E-state index in [-0.39, 0.29) is 36.1 Å². The smallest absolute Gasteiger partial charge is 0.411 e. The van der Waals surface area contributed by atoms with Gasteiger partial charge in [-0.1, -0.05) is 64.5 Å². The molecule has 4 atom stereocenters. The third-order valence-electron chi connectivity index (χ3n) is 9.17. The molecule has 0 saturated carbocycles. The highest BCUT2D eigenvalue weighted by atomic mass is 79.9. The molecular formula is C46H59BrN2O16. The van der Waals surface area contributed by atoms with Crippen molar-refractivity contribution in [3.05, 3.63) is 70.8 Å². The SMILES string of the molecule is CC(C)(C)OC(=O)N1CCC[C@H]1C(=O)O.CCOC(=O)C(Br)C(=O)c1ccc(C(C)=O)cc1.CCOC(=O)C(OC(=O)[C@@H]1CCCN1C(=O)OC(C)(C)C)C(=O)c1ccc(C(C)=O)cc1. The number of carboxylic acids is 1. The van der Waals surface area contributed by atoms with Crippen LogP contribution in [-0.4, -0.2) is 135 Å². The van der Waals surface area contributed by atoms with Gasteiger partial charge in [0.15, 0.2) is 22.2 Å². The molecule has 2 unspecified atom stereocenters. The van der Waals surface area contributed by atoms with Crippen molar-refractivity contribution in [2.75, 3.05) is 26.3 Å². The number of Topliss-reactive ketones (excluding diaryl/α,β-unsaturated/α-hetero) is 4. The Morgan fingerprint density at radius 3 is 1.37 bits per heavy atom. The number of carboxylic acid groups (broad SMARTS) is 1. The number of benzene rings is 2. The van der Waals surface area contributed by atoms with Crippen LogP contribution in [0.5, 0.6) is 0 Å². The van der Waals surface area contributed by atoms with Gasteiger partial charge in [0.05, 0.1) is 13.2 Å². The van der Waals surface area contributed by atoms with E-state index < -0.39 is 76.1 Å². The van der Waals surface area contributed by atoms with Crippen LogP contribution < -0.4 is 0 Å². The maximum Gasteiger partial charge on any atom is 0.411 e. The Bertz CT molecular complexity index is 2050. The highest BCUT2D eigenvalue weighted by Gasteiger charge is 2.42. The molecule has 2 saturated heterocycles. The standard InChI is InChI=1S/C23H29NO8.C13H13BrO4.C10H17NO4/c1-6-30-21(28)19(18(26)16-11-9-15(10-12-16)14(2)25)31-20(27)17-8-7-13-24(17)22(29)32-23(3,4)5;1-3-18-13(17)11(14)12(16)10-6-4-9(5-7-10)8(2)15;1-10(2,3)15-9(14)11-6-4-5-7(11)8(12)13/h9-12,17,19H,6-8,13H2,1-5H3;4-7,11H,3H2,1-2H3;7H,4-6H2,1-3H3,(H,12,13)/t17-,19?;;7-/m0.0/s1. The van der Waals surface area contributed by atoms with Crippen molar-refractivity contribution in [2.45, 2.75) is 129 Å². The number of amides is 2. The first-order valence-electron chi connectivity index (χ1n) is 20.9. The van der Waals surface area contributed by atoms with E-state index in [2.05, 4.69) is 15.9 Å². The minimum atomic E-state index is -1.83. The van der Waals surface area contributed by atoms with Crippen LogP contribution in [0, 0.1) is 0 Å². The lowest BCUT2D eigenvalue weighted by atomic mass is 10.0. The van der Waals surface area contributed by atoms with Crippen molar-refractivity contribution >= 4 is 75.1 Å². The summed E-state index contributed by atoms with van der Waals surface area (Å²) in [5, 5.41) is 8.88. The van der Waals surface area contributed by atoms with Crippen molar-refractivity contribution in [1.29, 1.82) is 0 Å². The summed E-state index contributed by atoms with van der Waals surface area (Å²) in [6.45, 7) is 17.4. The highest BCUT2D eigenvalue weighted by Crippen LogP contribution is 2.24. The highest BCUT2D eigenvalue weighted by molar-refractivity contribution is 9.10. The number of ether oxygens (including phenoxy) is 5. The summed E-state index contributed by atoms with van der Waals surface area (Å²) in [4.78, 5) is 120. The molecule has 19 heteroatoms. The number of carbonyl (C=O) groups is 10. The van der Waals surface area contributed by atoms with Gasteiger partial charge < -0.3 is 28.8 Å². The second-order valence-electron chi connectivity index (χ2n) is 16.7. The van der Waals surface area contributed by atoms with E-state index in [9.17, 15) is 47.9 Å². The minimum absolute atomic E-state index is 0.0170. The molecule has 2 aromatic rings. The Morgan fingerprint density at radius 2 is 0.985 bits per heavy atom. The van der Waals surface area contributed by atoms with Crippen LogP contribution in [0.3, 0.4) is 0 Å². The van der Waals surface area contributed by atoms with Gasteiger partial charge in [0.2, 0.25) is 5.78 Å². The minimum Gasteiger partial charge on any atom is -0.480 e. The third kappa shape index (κ3) is 17.5. The number of rotatable bonds is 13. The van der Waals surface area contributed by atoms with Gasteiger partial charge in [0.25, 0.3) is 6.10 Å². The van der Waals surface area contributed by atoms with E-state index in [0.29, 0.717) is 49.0 Å². The van der Waals surface area contributed by atoms with Crippen molar-refractivity contribution in [1.82, 2.24) is 9.80 Å². The molecule has 2 heterocycles. The Labute approximate surface area is 386 Å². The number of aliphatic carboxylic acids is 1. The molecule has 2 aliphatic heterocycles. The second kappa shape index (κ2) is 24.9. The zero-order valence-electron chi connectivity index (χ0n) is 38.4. The Hall–Kier alpha value is -5.98. The molecule has 18 nitrogen and oxygen atoms in total. The number of hydrogen-bond acceptors (Lipinski definition) is 15. The van der Waals surface area contributed by atoms with Gasteiger partial charge in [0.1, 0.15) is 23.3 Å². The van der Waals surface area contributed by atoms with Crippen LogP contribution in [-0.2, 0) is 42.9 Å². The van der Waals surface area contributed by atoms with E-state index in [0.717, 1.165) is 6.42 Å². The predicted octanol–water partition coefficient (Wildman–Crippen LogP) is 6.82. The molecule has 1 N–H and O–H groups in total. The number of ketones is 4. The summed E-state index contributed by atoms with van der Waals surface area (Å²) < 4.78 is 25.4. The maximum atomic E-state index is 12.9. The van der Waals surface area contributed by atoms with Crippen LogP contribution in [0.15, 0.2) is 48.5 Å². The first kappa shape index (κ1) is 55.2. The van der Waals surface area contributed by atoms with E-state index in [1.54, 1.807) is 67.5 Å². The lowest BCUT2D eigenvalue weighted by Gasteiger charge is -2.28. The molecule has 2 aliphatic rings. The predicted molar refractivity (Wildman–Crippen MR) is 237 cm³/mol. The largest absolute Gasteiger partial charge is 0.480 e. The summed E-state index contributed by atoms with van der Waals surface area (Å²) in [5.41, 5.74) is 0.0250. The number of carbonyl (C=O) groups excluding carboxylic acids is 9. The zero-order chi connectivity index (χ0) is 49.4. The Morgan fingerprint density at radius 1 is 0.615 bits per heavy atom.